The Morgan fingerprint density at radius 3 is 2.82 bits per heavy atom. The molecule has 8 nitrogen and oxygen atoms in total. The number of halogens is 2. The van der Waals surface area contributed by atoms with E-state index in [0.29, 0.717) is 16.5 Å². The van der Waals surface area contributed by atoms with Crippen LogP contribution in [0.2, 0.25) is 4.34 Å². The van der Waals surface area contributed by atoms with Gasteiger partial charge >= 0.3 is 0 Å². The van der Waals surface area contributed by atoms with Gasteiger partial charge in [0.25, 0.3) is 0 Å². The molecule has 0 fully saturated rings. The second kappa shape index (κ2) is 11.1. The fraction of sp³-hybridized carbons (Fsp3) is 0.318. The molecular weight excluding hydrogens is 560 g/mol. The van der Waals surface area contributed by atoms with Crippen molar-refractivity contribution in [1.82, 2.24) is 24.3 Å². The number of aromatic nitrogens is 4. The maximum absolute atomic E-state index is 12.8. The number of nitrogens with one attached hydrogen (secondary N) is 2. The third-order valence-electron chi connectivity index (χ3n) is 5.30. The lowest BCUT2D eigenvalue weighted by Crippen LogP contribution is -2.28. The minimum absolute atomic E-state index is 0.115. The van der Waals surface area contributed by atoms with E-state index in [4.69, 9.17) is 16.6 Å². The zero-order chi connectivity index (χ0) is 24.1. The summed E-state index contributed by atoms with van der Waals surface area (Å²) in [5, 5.41) is 7.84. The summed E-state index contributed by atoms with van der Waals surface area (Å²) in [6.07, 6.45) is 7.98. The third-order valence-corrected chi connectivity index (χ3v) is 9.01. The van der Waals surface area contributed by atoms with Gasteiger partial charge in [-0.1, -0.05) is 37.4 Å². The van der Waals surface area contributed by atoms with Gasteiger partial charge in [-0.2, -0.15) is 9.61 Å². The summed E-state index contributed by atoms with van der Waals surface area (Å²) < 4.78 is 31.5. The lowest BCUT2D eigenvalue weighted by Gasteiger charge is -2.19. The summed E-state index contributed by atoms with van der Waals surface area (Å²) in [6.45, 7) is 2.91. The van der Waals surface area contributed by atoms with Gasteiger partial charge in [-0.3, -0.25) is 4.98 Å². The highest BCUT2D eigenvalue weighted by Gasteiger charge is 2.22. The molecule has 0 bridgehead atoms. The van der Waals surface area contributed by atoms with Gasteiger partial charge in [0.05, 0.1) is 20.7 Å². The first kappa shape index (κ1) is 25.1. The van der Waals surface area contributed by atoms with E-state index in [1.807, 2.05) is 18.2 Å². The van der Waals surface area contributed by atoms with Crippen molar-refractivity contribution in [3.8, 4) is 0 Å². The largest absolute Gasteiger partial charge is 0.366 e. The Hall–Kier alpha value is -2.05. The molecule has 4 rings (SSSR count). The van der Waals surface area contributed by atoms with Gasteiger partial charge in [0.2, 0.25) is 10.0 Å². The van der Waals surface area contributed by atoms with Gasteiger partial charge in [-0.15, -0.1) is 11.3 Å². The van der Waals surface area contributed by atoms with Gasteiger partial charge in [0, 0.05) is 37.5 Å². The Morgan fingerprint density at radius 2 is 2.12 bits per heavy atom. The van der Waals surface area contributed by atoms with Crippen LogP contribution in [0.4, 0.5) is 5.82 Å². The number of unbranched alkanes of at least 4 members (excludes halogenated alkanes) is 1. The van der Waals surface area contributed by atoms with Crippen molar-refractivity contribution in [3.63, 3.8) is 0 Å². The van der Waals surface area contributed by atoms with Crippen molar-refractivity contribution in [1.29, 1.82) is 0 Å². The van der Waals surface area contributed by atoms with Gasteiger partial charge in [-0.25, -0.2) is 18.1 Å². The first-order chi connectivity index (χ1) is 16.4. The van der Waals surface area contributed by atoms with Crippen LogP contribution in [0.5, 0.6) is 0 Å². The molecule has 0 aliphatic carbocycles. The summed E-state index contributed by atoms with van der Waals surface area (Å²) in [5.41, 5.74) is 2.49. The van der Waals surface area contributed by atoms with Gasteiger partial charge < -0.3 is 5.32 Å². The smallest absolute Gasteiger partial charge is 0.250 e. The van der Waals surface area contributed by atoms with Crippen LogP contribution in [0.3, 0.4) is 0 Å². The molecule has 1 atom stereocenters. The molecule has 1 unspecified atom stereocenters. The van der Waals surface area contributed by atoms with E-state index in [2.05, 4.69) is 43.0 Å². The summed E-state index contributed by atoms with van der Waals surface area (Å²) >= 11 is 10.5. The highest BCUT2D eigenvalue weighted by molar-refractivity contribution is 9.10. The van der Waals surface area contributed by atoms with Crippen LogP contribution in [0.25, 0.3) is 5.65 Å². The average Bonchev–Trinajstić information content (AvgIpc) is 3.44. The maximum Gasteiger partial charge on any atom is 0.250 e. The van der Waals surface area contributed by atoms with Crippen LogP contribution in [0.15, 0.2) is 57.6 Å². The Labute approximate surface area is 216 Å². The normalized spacial score (nSPS) is 12.8. The molecule has 180 valence electrons. The molecule has 0 aliphatic heterocycles. The summed E-state index contributed by atoms with van der Waals surface area (Å²) in [7, 11) is -3.66. The van der Waals surface area contributed by atoms with Crippen LogP contribution < -0.4 is 10.0 Å². The molecular formula is C22H24BrClN6O2S2. The number of rotatable bonds is 11. The number of hydrogen-bond acceptors (Lipinski definition) is 7. The maximum atomic E-state index is 12.8. The number of fused-ring (bicyclic) bond motifs is 1. The summed E-state index contributed by atoms with van der Waals surface area (Å²) in [6, 6.07) is 8.93. The van der Waals surface area contributed by atoms with Gasteiger partial charge in [0.1, 0.15) is 10.0 Å². The van der Waals surface area contributed by atoms with E-state index in [1.54, 1.807) is 29.2 Å². The molecule has 4 aromatic rings. The fourth-order valence-electron chi connectivity index (χ4n) is 3.51. The molecule has 0 saturated heterocycles. The number of anilines is 1. The Balaban J connectivity index is 1.62. The average molecular weight is 584 g/mol. The molecule has 12 heteroatoms. The predicted octanol–water partition coefficient (Wildman–Crippen LogP) is 5.47. The second-order valence-corrected chi connectivity index (χ2v) is 12.3. The van der Waals surface area contributed by atoms with Crippen molar-refractivity contribution >= 4 is 60.4 Å². The standard InChI is InChI=1S/C22H24BrClN6O2S2/c1-2-3-6-16(13-28-34(31,32)21-8-7-19(24)33-21)18-10-20(26-12-15-5-4-9-25-11-15)30-22(29-18)17(23)14-27-30/h4-5,7-11,14,16,26,28H,2-3,6,12-13H2,1H3. The predicted molar refractivity (Wildman–Crippen MR) is 139 cm³/mol. The molecule has 0 aromatic carbocycles. The van der Waals surface area contributed by atoms with Crippen LogP contribution in [-0.4, -0.2) is 34.5 Å². The first-order valence-electron chi connectivity index (χ1n) is 10.8. The molecule has 0 saturated carbocycles. The SMILES string of the molecule is CCCCC(CNS(=O)(=O)c1ccc(Cl)s1)c1cc(NCc2cccnc2)n2ncc(Br)c2n1. The van der Waals surface area contributed by atoms with Crippen LogP contribution in [-0.2, 0) is 16.6 Å². The third kappa shape index (κ3) is 5.95. The number of thiophene rings is 1. The van der Waals surface area contributed by atoms with Crippen molar-refractivity contribution < 1.29 is 8.42 Å². The number of pyridine rings is 1. The van der Waals surface area contributed by atoms with E-state index in [0.717, 1.165) is 52.1 Å². The number of sulfonamides is 1. The molecule has 0 aliphatic rings. The second-order valence-electron chi connectivity index (χ2n) is 7.76. The monoisotopic (exact) mass is 582 g/mol. The van der Waals surface area contributed by atoms with E-state index >= 15 is 0 Å². The van der Waals surface area contributed by atoms with Crippen molar-refractivity contribution in [2.24, 2.45) is 0 Å². The zero-order valence-electron chi connectivity index (χ0n) is 18.4. The Morgan fingerprint density at radius 1 is 1.26 bits per heavy atom. The molecule has 4 heterocycles. The Kier molecular flexibility index (Phi) is 8.20. The highest BCUT2D eigenvalue weighted by Crippen LogP contribution is 2.29. The fourth-order valence-corrected chi connectivity index (χ4v) is 6.47. The summed E-state index contributed by atoms with van der Waals surface area (Å²) in [5.74, 6) is 0.653. The molecule has 34 heavy (non-hydrogen) atoms. The first-order valence-corrected chi connectivity index (χ1v) is 14.3. The zero-order valence-corrected chi connectivity index (χ0v) is 22.4. The van der Waals surface area contributed by atoms with E-state index in [-0.39, 0.29) is 16.7 Å². The topological polar surface area (TPSA) is 101 Å². The molecule has 0 spiro atoms. The van der Waals surface area contributed by atoms with E-state index in [9.17, 15) is 8.42 Å². The quantitative estimate of drug-likeness (QED) is 0.243. The van der Waals surface area contributed by atoms with Crippen molar-refractivity contribution in [2.75, 3.05) is 11.9 Å². The van der Waals surface area contributed by atoms with Crippen LogP contribution in [0.1, 0.15) is 43.4 Å². The van der Waals surface area contributed by atoms with E-state index < -0.39 is 10.0 Å². The number of nitrogens with zero attached hydrogens (tertiary/aromatic N) is 4. The molecule has 0 amide bonds. The van der Waals surface area contributed by atoms with Crippen molar-refractivity contribution in [2.45, 2.75) is 42.9 Å². The molecule has 2 N–H and O–H groups in total. The van der Waals surface area contributed by atoms with Crippen LogP contribution in [0, 0.1) is 0 Å². The summed E-state index contributed by atoms with van der Waals surface area (Å²) in [4.78, 5) is 8.99. The van der Waals surface area contributed by atoms with E-state index in [1.165, 1.54) is 6.07 Å². The van der Waals surface area contributed by atoms with Gasteiger partial charge in [-0.05, 0) is 46.1 Å². The lowest BCUT2D eigenvalue weighted by molar-refractivity contribution is 0.541. The minimum Gasteiger partial charge on any atom is -0.366 e. The van der Waals surface area contributed by atoms with Crippen LogP contribution >= 0.6 is 38.9 Å². The Bertz CT molecular complexity index is 1360. The number of hydrogen-bond donors (Lipinski definition) is 2. The highest BCUT2D eigenvalue weighted by atomic mass is 79.9. The minimum atomic E-state index is -3.66. The lowest BCUT2D eigenvalue weighted by atomic mass is 9.98. The molecule has 0 radical (unpaired) electrons. The van der Waals surface area contributed by atoms with Crippen molar-refractivity contribution in [3.05, 3.63) is 69.0 Å². The van der Waals surface area contributed by atoms with Gasteiger partial charge in [0.15, 0.2) is 5.65 Å². The molecule has 4 aromatic heterocycles.